The van der Waals surface area contributed by atoms with Gasteiger partial charge in [-0.3, -0.25) is 0 Å². The molecule has 0 aromatic rings. The lowest BCUT2D eigenvalue weighted by Gasteiger charge is -2.35. The molecule has 13 heavy (non-hydrogen) atoms. The standard InChI is InChI=1S/C6H10FNO5/c7-3-2(1-9)13-6(8-12)5(11)4(3)10/h2-6,9-11H,1H2. The Balaban J connectivity index is 2.71. The fraction of sp³-hybridized carbons (Fsp3) is 1.00. The number of nitrogens with zero attached hydrogens (tertiary/aromatic N) is 1. The first kappa shape index (κ1) is 10.5. The van der Waals surface area contributed by atoms with Crippen LogP contribution in [0, 0.1) is 4.91 Å². The summed E-state index contributed by atoms with van der Waals surface area (Å²) in [5.74, 6) is 0. The van der Waals surface area contributed by atoms with Crippen LogP contribution in [0.3, 0.4) is 0 Å². The molecule has 0 spiro atoms. The zero-order valence-corrected chi connectivity index (χ0v) is 6.58. The Morgan fingerprint density at radius 1 is 1.38 bits per heavy atom. The van der Waals surface area contributed by atoms with Gasteiger partial charge in [-0.1, -0.05) is 0 Å². The molecule has 5 unspecified atom stereocenters. The van der Waals surface area contributed by atoms with Gasteiger partial charge in [0.05, 0.1) is 6.61 Å². The summed E-state index contributed by atoms with van der Waals surface area (Å²) in [6.45, 7) is -0.684. The molecule has 1 saturated heterocycles. The molecule has 1 fully saturated rings. The minimum Gasteiger partial charge on any atom is -0.394 e. The first-order valence-electron chi connectivity index (χ1n) is 3.70. The second kappa shape index (κ2) is 4.05. The Hall–Kier alpha value is -0.630. The number of hydrogen-bond acceptors (Lipinski definition) is 6. The summed E-state index contributed by atoms with van der Waals surface area (Å²) in [4.78, 5) is 10.0. The van der Waals surface area contributed by atoms with Gasteiger partial charge in [0.15, 0.2) is 6.17 Å². The van der Waals surface area contributed by atoms with E-state index in [-0.39, 0.29) is 0 Å². The predicted octanol–water partition coefficient (Wildman–Crippen LogP) is -1.47. The van der Waals surface area contributed by atoms with Crippen molar-refractivity contribution < 1.29 is 24.4 Å². The van der Waals surface area contributed by atoms with E-state index >= 15 is 0 Å². The zero-order chi connectivity index (χ0) is 10.0. The van der Waals surface area contributed by atoms with Crippen LogP contribution < -0.4 is 0 Å². The fourth-order valence-electron chi connectivity index (χ4n) is 1.14. The highest BCUT2D eigenvalue weighted by atomic mass is 19.1. The van der Waals surface area contributed by atoms with Crippen molar-refractivity contribution in [2.24, 2.45) is 5.18 Å². The number of ether oxygens (including phenoxy) is 1. The molecular weight excluding hydrogens is 185 g/mol. The van der Waals surface area contributed by atoms with Gasteiger partial charge in [-0.25, -0.2) is 4.39 Å². The van der Waals surface area contributed by atoms with Crippen LogP contribution in [0.4, 0.5) is 4.39 Å². The van der Waals surface area contributed by atoms with Gasteiger partial charge in [-0.2, -0.15) is 0 Å². The van der Waals surface area contributed by atoms with Crippen LogP contribution in [0.5, 0.6) is 0 Å². The Kier molecular flexibility index (Phi) is 3.26. The van der Waals surface area contributed by atoms with E-state index in [1.807, 2.05) is 0 Å². The molecule has 0 aromatic carbocycles. The maximum atomic E-state index is 13.0. The van der Waals surface area contributed by atoms with Crippen LogP contribution in [0.2, 0.25) is 0 Å². The van der Waals surface area contributed by atoms with Crippen molar-refractivity contribution in [3.05, 3.63) is 4.91 Å². The van der Waals surface area contributed by atoms with Gasteiger partial charge in [0.25, 0.3) is 0 Å². The average molecular weight is 195 g/mol. The topological polar surface area (TPSA) is 99.4 Å². The molecule has 7 heteroatoms. The van der Waals surface area contributed by atoms with Crippen molar-refractivity contribution in [1.82, 2.24) is 0 Å². The largest absolute Gasteiger partial charge is 0.394 e. The molecule has 0 bridgehead atoms. The third-order valence-corrected chi connectivity index (χ3v) is 1.92. The summed E-state index contributed by atoms with van der Waals surface area (Å²) in [7, 11) is 0. The fourth-order valence-corrected chi connectivity index (χ4v) is 1.14. The number of nitroso groups, excluding NO2 is 1. The first-order chi connectivity index (χ1) is 6.11. The van der Waals surface area contributed by atoms with E-state index in [0.717, 1.165) is 0 Å². The first-order valence-corrected chi connectivity index (χ1v) is 3.70. The number of aliphatic hydroxyl groups is 3. The molecule has 6 nitrogen and oxygen atoms in total. The van der Waals surface area contributed by atoms with Crippen LogP contribution in [0.1, 0.15) is 0 Å². The van der Waals surface area contributed by atoms with Gasteiger partial charge in [-0.15, -0.1) is 4.91 Å². The molecule has 0 aliphatic carbocycles. The highest BCUT2D eigenvalue weighted by Crippen LogP contribution is 2.23. The molecule has 1 rings (SSSR count). The van der Waals surface area contributed by atoms with E-state index < -0.39 is 37.3 Å². The Bertz CT molecular complexity index is 190. The molecule has 1 aliphatic heterocycles. The van der Waals surface area contributed by atoms with E-state index in [1.165, 1.54) is 0 Å². The summed E-state index contributed by atoms with van der Waals surface area (Å²) < 4.78 is 17.5. The van der Waals surface area contributed by atoms with Crippen molar-refractivity contribution in [2.45, 2.75) is 30.7 Å². The number of hydrogen-bond donors (Lipinski definition) is 3. The molecular formula is C6H10FNO5. The summed E-state index contributed by atoms with van der Waals surface area (Å²) in [5, 5.41) is 29.0. The molecule has 5 atom stereocenters. The normalized spacial score (nSPS) is 46.0. The monoisotopic (exact) mass is 195 g/mol. The highest BCUT2D eigenvalue weighted by molar-refractivity contribution is 4.90. The van der Waals surface area contributed by atoms with Gasteiger partial charge in [0.2, 0.25) is 6.23 Å². The maximum absolute atomic E-state index is 13.0. The van der Waals surface area contributed by atoms with Crippen molar-refractivity contribution in [3.8, 4) is 0 Å². The molecule has 1 aliphatic rings. The van der Waals surface area contributed by atoms with Crippen LogP contribution in [-0.2, 0) is 4.74 Å². The predicted molar refractivity (Wildman–Crippen MR) is 38.5 cm³/mol. The van der Waals surface area contributed by atoms with Gasteiger partial charge in [0, 0.05) is 0 Å². The van der Waals surface area contributed by atoms with Crippen LogP contribution in [-0.4, -0.2) is 52.6 Å². The lowest BCUT2D eigenvalue weighted by atomic mass is 10.00. The van der Waals surface area contributed by atoms with Crippen LogP contribution in [0.15, 0.2) is 5.18 Å². The smallest absolute Gasteiger partial charge is 0.218 e. The Morgan fingerprint density at radius 2 is 2.00 bits per heavy atom. The van der Waals surface area contributed by atoms with E-state index in [0.29, 0.717) is 0 Å². The minimum absolute atomic E-state index is 0.684. The van der Waals surface area contributed by atoms with Crippen LogP contribution in [0.25, 0.3) is 0 Å². The molecule has 3 N–H and O–H groups in total. The summed E-state index contributed by atoms with van der Waals surface area (Å²) in [6, 6.07) is 0. The number of aliphatic hydroxyl groups excluding tert-OH is 3. The second-order valence-electron chi connectivity index (χ2n) is 2.78. The van der Waals surface area contributed by atoms with E-state index in [9.17, 15) is 9.30 Å². The maximum Gasteiger partial charge on any atom is 0.218 e. The van der Waals surface area contributed by atoms with Crippen molar-refractivity contribution in [1.29, 1.82) is 0 Å². The molecule has 0 aromatic heterocycles. The Morgan fingerprint density at radius 3 is 2.46 bits per heavy atom. The third kappa shape index (κ3) is 1.83. The second-order valence-corrected chi connectivity index (χ2v) is 2.78. The van der Waals surface area contributed by atoms with E-state index in [2.05, 4.69) is 9.91 Å². The molecule has 0 saturated carbocycles. The van der Waals surface area contributed by atoms with Crippen molar-refractivity contribution >= 4 is 0 Å². The lowest BCUT2D eigenvalue weighted by molar-refractivity contribution is -0.209. The number of halogens is 1. The van der Waals surface area contributed by atoms with Crippen molar-refractivity contribution in [2.75, 3.05) is 6.61 Å². The SMILES string of the molecule is O=NC1OC(CO)C(F)C(O)C1O. The molecule has 76 valence electrons. The molecule has 0 amide bonds. The summed E-state index contributed by atoms with van der Waals surface area (Å²) in [5.41, 5.74) is 0. The third-order valence-electron chi connectivity index (χ3n) is 1.92. The number of alkyl halides is 1. The molecule has 1 heterocycles. The van der Waals surface area contributed by atoms with Crippen molar-refractivity contribution in [3.63, 3.8) is 0 Å². The zero-order valence-electron chi connectivity index (χ0n) is 6.58. The van der Waals surface area contributed by atoms with E-state index in [4.69, 9.17) is 15.3 Å². The Labute approximate surface area is 72.9 Å². The summed E-state index contributed by atoms with van der Waals surface area (Å²) in [6.07, 6.45) is -8.21. The van der Waals surface area contributed by atoms with Gasteiger partial charge >= 0.3 is 0 Å². The number of rotatable bonds is 2. The van der Waals surface area contributed by atoms with Gasteiger partial charge in [0.1, 0.15) is 18.3 Å². The average Bonchev–Trinajstić information content (AvgIpc) is 2.15. The van der Waals surface area contributed by atoms with Gasteiger partial charge < -0.3 is 20.1 Å². The summed E-state index contributed by atoms with van der Waals surface area (Å²) >= 11 is 0. The quantitative estimate of drug-likeness (QED) is 0.467. The highest BCUT2D eigenvalue weighted by Gasteiger charge is 2.45. The van der Waals surface area contributed by atoms with E-state index in [1.54, 1.807) is 0 Å². The molecule has 0 radical (unpaired) electrons. The van der Waals surface area contributed by atoms with Crippen LogP contribution >= 0.6 is 0 Å². The minimum atomic E-state index is -1.92. The lowest BCUT2D eigenvalue weighted by Crippen LogP contribution is -2.56. The van der Waals surface area contributed by atoms with Gasteiger partial charge in [-0.05, 0) is 5.18 Å².